The first-order valence-corrected chi connectivity index (χ1v) is 7.47. The zero-order chi connectivity index (χ0) is 15.6. The van der Waals surface area contributed by atoms with Crippen molar-refractivity contribution in [2.75, 3.05) is 25.5 Å². The topological polar surface area (TPSA) is 15.3 Å². The van der Waals surface area contributed by atoms with Crippen molar-refractivity contribution in [1.29, 1.82) is 0 Å². The molecule has 0 amide bonds. The van der Waals surface area contributed by atoms with Crippen LogP contribution in [0.15, 0.2) is 18.2 Å². The Balaban J connectivity index is 2.06. The summed E-state index contributed by atoms with van der Waals surface area (Å²) in [5.74, 6) is 0.478. The van der Waals surface area contributed by atoms with Gasteiger partial charge in [0.2, 0.25) is 0 Å². The van der Waals surface area contributed by atoms with Gasteiger partial charge in [-0.2, -0.15) is 13.2 Å². The predicted molar refractivity (Wildman–Crippen MR) is 79.8 cm³/mol. The maximum absolute atomic E-state index is 12.8. The van der Waals surface area contributed by atoms with Gasteiger partial charge in [0.1, 0.15) is 0 Å². The van der Waals surface area contributed by atoms with Crippen molar-refractivity contribution in [3.63, 3.8) is 0 Å². The second kappa shape index (κ2) is 6.44. The second-order valence-corrected chi connectivity index (χ2v) is 6.17. The average Bonchev–Trinajstić information content (AvgIpc) is 2.40. The first-order chi connectivity index (χ1) is 9.77. The van der Waals surface area contributed by atoms with Gasteiger partial charge in [-0.15, -0.1) is 0 Å². The van der Waals surface area contributed by atoms with Gasteiger partial charge in [-0.25, -0.2) is 0 Å². The van der Waals surface area contributed by atoms with Gasteiger partial charge in [0.15, 0.2) is 0 Å². The number of piperidine rings is 1. The Morgan fingerprint density at radius 2 is 1.90 bits per heavy atom. The Kier molecular flexibility index (Phi) is 5.04. The molecule has 1 aliphatic rings. The summed E-state index contributed by atoms with van der Waals surface area (Å²) in [7, 11) is 2.09. The number of nitrogens with zero attached hydrogens (tertiary/aromatic N) is 1. The molecule has 6 heteroatoms. The van der Waals surface area contributed by atoms with Gasteiger partial charge in [-0.1, -0.05) is 11.6 Å². The van der Waals surface area contributed by atoms with E-state index in [0.29, 0.717) is 11.6 Å². The van der Waals surface area contributed by atoms with E-state index >= 15 is 0 Å². The van der Waals surface area contributed by atoms with Crippen molar-refractivity contribution in [2.24, 2.45) is 5.92 Å². The van der Waals surface area contributed by atoms with Crippen molar-refractivity contribution < 1.29 is 13.2 Å². The predicted octanol–water partition coefficient (Wildman–Crippen LogP) is 4.50. The number of alkyl halides is 3. The van der Waals surface area contributed by atoms with Crippen LogP contribution in [0.3, 0.4) is 0 Å². The lowest BCUT2D eigenvalue weighted by Gasteiger charge is -2.33. The van der Waals surface area contributed by atoms with Crippen molar-refractivity contribution in [3.05, 3.63) is 28.8 Å². The number of benzene rings is 1. The van der Waals surface area contributed by atoms with Crippen LogP contribution in [0.4, 0.5) is 18.9 Å². The number of hydrogen-bond acceptors (Lipinski definition) is 2. The van der Waals surface area contributed by atoms with E-state index in [9.17, 15) is 13.2 Å². The zero-order valence-corrected chi connectivity index (χ0v) is 12.9. The van der Waals surface area contributed by atoms with E-state index in [0.717, 1.165) is 32.0 Å². The quantitative estimate of drug-likeness (QED) is 0.882. The fourth-order valence-corrected chi connectivity index (χ4v) is 2.97. The molecule has 21 heavy (non-hydrogen) atoms. The molecule has 0 aromatic heterocycles. The van der Waals surface area contributed by atoms with Gasteiger partial charge in [-0.05, 0) is 64.0 Å². The molecule has 2 rings (SSSR count). The smallest absolute Gasteiger partial charge is 0.382 e. The van der Waals surface area contributed by atoms with Crippen LogP contribution in [0.25, 0.3) is 0 Å². The number of halogens is 4. The van der Waals surface area contributed by atoms with E-state index in [2.05, 4.69) is 17.3 Å². The SMILES string of the molecule is CC(Nc1ccc(Cl)c(C(F)(F)F)c1)C1CCN(C)CC1. The second-order valence-electron chi connectivity index (χ2n) is 5.77. The molecule has 1 heterocycles. The Hall–Kier alpha value is -0.940. The van der Waals surface area contributed by atoms with E-state index in [4.69, 9.17) is 11.6 Å². The third kappa shape index (κ3) is 4.27. The zero-order valence-electron chi connectivity index (χ0n) is 12.2. The average molecular weight is 321 g/mol. The number of rotatable bonds is 3. The number of likely N-dealkylation sites (tertiary alicyclic amines) is 1. The summed E-state index contributed by atoms with van der Waals surface area (Å²) in [6.45, 7) is 4.09. The summed E-state index contributed by atoms with van der Waals surface area (Å²) in [5.41, 5.74) is -0.317. The Labute approximate surface area is 128 Å². The van der Waals surface area contributed by atoms with Crippen LogP contribution in [-0.4, -0.2) is 31.1 Å². The molecule has 1 unspecified atom stereocenters. The van der Waals surface area contributed by atoms with Crippen LogP contribution < -0.4 is 5.32 Å². The summed E-state index contributed by atoms with van der Waals surface area (Å²) in [6.07, 6.45) is -2.31. The van der Waals surface area contributed by atoms with Crippen LogP contribution in [0.1, 0.15) is 25.3 Å². The molecule has 0 bridgehead atoms. The fraction of sp³-hybridized carbons (Fsp3) is 0.600. The molecule has 1 saturated heterocycles. The molecular formula is C15H20ClF3N2. The minimum absolute atomic E-state index is 0.140. The van der Waals surface area contributed by atoms with Gasteiger partial charge in [0.25, 0.3) is 0 Å². The van der Waals surface area contributed by atoms with E-state index in [-0.39, 0.29) is 11.1 Å². The summed E-state index contributed by atoms with van der Waals surface area (Å²) in [5, 5.41) is 2.93. The minimum atomic E-state index is -4.43. The van der Waals surface area contributed by atoms with E-state index in [1.54, 1.807) is 6.07 Å². The van der Waals surface area contributed by atoms with Crippen LogP contribution in [0.5, 0.6) is 0 Å². The lowest BCUT2D eigenvalue weighted by molar-refractivity contribution is -0.137. The standard InChI is InChI=1S/C15H20ClF3N2/c1-10(11-5-7-21(2)8-6-11)20-12-3-4-14(16)13(9-12)15(17,18)19/h3-4,9-11,20H,5-8H2,1-2H3. The summed E-state index contributed by atoms with van der Waals surface area (Å²) >= 11 is 5.63. The highest BCUT2D eigenvalue weighted by molar-refractivity contribution is 6.31. The Bertz CT molecular complexity index is 482. The molecule has 0 saturated carbocycles. The van der Waals surface area contributed by atoms with Gasteiger partial charge in [0.05, 0.1) is 10.6 Å². The molecule has 1 aliphatic heterocycles. The molecule has 2 nitrogen and oxygen atoms in total. The van der Waals surface area contributed by atoms with Gasteiger partial charge >= 0.3 is 6.18 Å². The number of nitrogens with one attached hydrogen (secondary N) is 1. The molecule has 1 fully saturated rings. The van der Waals surface area contributed by atoms with Crippen LogP contribution >= 0.6 is 11.6 Å². The van der Waals surface area contributed by atoms with Crippen molar-refractivity contribution in [2.45, 2.75) is 32.0 Å². The monoisotopic (exact) mass is 320 g/mol. The molecule has 0 aliphatic carbocycles. The third-order valence-electron chi connectivity index (χ3n) is 4.14. The molecule has 1 N–H and O–H groups in total. The normalized spacial score (nSPS) is 19.5. The molecule has 1 aromatic rings. The lowest BCUT2D eigenvalue weighted by atomic mass is 9.90. The Morgan fingerprint density at radius 1 is 1.29 bits per heavy atom. The van der Waals surface area contributed by atoms with Crippen LogP contribution in [-0.2, 0) is 6.18 Å². The molecule has 1 aromatic carbocycles. The van der Waals surface area contributed by atoms with Crippen LogP contribution in [0.2, 0.25) is 5.02 Å². The lowest BCUT2D eigenvalue weighted by Crippen LogP contribution is -2.37. The number of anilines is 1. The molecule has 1 atom stereocenters. The maximum atomic E-state index is 12.8. The van der Waals surface area contributed by atoms with E-state index in [1.165, 1.54) is 6.07 Å². The number of hydrogen-bond donors (Lipinski definition) is 1. The van der Waals surface area contributed by atoms with Crippen LogP contribution in [0, 0.1) is 5.92 Å². The largest absolute Gasteiger partial charge is 0.417 e. The first kappa shape index (κ1) is 16.4. The maximum Gasteiger partial charge on any atom is 0.417 e. The van der Waals surface area contributed by atoms with Crippen molar-refractivity contribution in [3.8, 4) is 0 Å². The van der Waals surface area contributed by atoms with E-state index in [1.807, 2.05) is 6.92 Å². The first-order valence-electron chi connectivity index (χ1n) is 7.09. The summed E-state index contributed by atoms with van der Waals surface area (Å²) < 4.78 is 38.5. The highest BCUT2D eigenvalue weighted by Crippen LogP contribution is 2.36. The van der Waals surface area contributed by atoms with Crippen molar-refractivity contribution >= 4 is 17.3 Å². The molecular weight excluding hydrogens is 301 g/mol. The summed E-state index contributed by atoms with van der Waals surface area (Å²) in [4.78, 5) is 2.27. The van der Waals surface area contributed by atoms with Gasteiger partial charge < -0.3 is 10.2 Å². The highest BCUT2D eigenvalue weighted by atomic mass is 35.5. The van der Waals surface area contributed by atoms with Crippen molar-refractivity contribution in [1.82, 2.24) is 4.90 Å². The van der Waals surface area contributed by atoms with Gasteiger partial charge in [-0.3, -0.25) is 0 Å². The Morgan fingerprint density at radius 3 is 2.48 bits per heavy atom. The molecule has 0 radical (unpaired) electrons. The molecule has 0 spiro atoms. The fourth-order valence-electron chi connectivity index (χ4n) is 2.74. The third-order valence-corrected chi connectivity index (χ3v) is 4.47. The minimum Gasteiger partial charge on any atom is -0.382 e. The molecule has 118 valence electrons. The summed E-state index contributed by atoms with van der Waals surface area (Å²) in [6, 6.07) is 4.13. The van der Waals surface area contributed by atoms with Gasteiger partial charge in [0, 0.05) is 11.7 Å². The highest BCUT2D eigenvalue weighted by Gasteiger charge is 2.33. The van der Waals surface area contributed by atoms with E-state index < -0.39 is 11.7 Å².